The minimum Gasteiger partial charge on any atom is -0.377 e. The maximum Gasteiger partial charge on any atom is 0.433 e. The standard InChI is InChI=1S/C16H18F3N3O/c1-15(2)12(10-6-7-23-13(10)15)22(3)14-9(8-20)4-5-11(21-14)16(17,18)19/h4-5,10,12-13H,6-7H2,1-3H3/t10-,12-,13-/m1/s1. The van der Waals surface area contributed by atoms with Crippen molar-refractivity contribution in [2.45, 2.75) is 38.6 Å². The van der Waals surface area contributed by atoms with E-state index in [2.05, 4.69) is 4.98 Å². The second kappa shape index (κ2) is 5.10. The van der Waals surface area contributed by atoms with Crippen LogP contribution in [-0.4, -0.2) is 30.8 Å². The maximum absolute atomic E-state index is 12.9. The molecule has 1 aromatic heterocycles. The third-order valence-electron chi connectivity index (χ3n) is 5.08. The van der Waals surface area contributed by atoms with Crippen LogP contribution in [0.2, 0.25) is 0 Å². The van der Waals surface area contributed by atoms with Crippen LogP contribution in [0.5, 0.6) is 0 Å². The molecule has 1 aliphatic carbocycles. The largest absolute Gasteiger partial charge is 0.433 e. The van der Waals surface area contributed by atoms with Crippen LogP contribution in [0, 0.1) is 22.7 Å². The molecule has 124 valence electrons. The number of fused-ring (bicyclic) bond motifs is 1. The summed E-state index contributed by atoms with van der Waals surface area (Å²) in [6.45, 7) is 4.75. The number of nitriles is 1. The molecule has 1 aliphatic heterocycles. The molecule has 2 heterocycles. The van der Waals surface area contributed by atoms with Crippen molar-refractivity contribution in [1.29, 1.82) is 5.26 Å². The third-order valence-corrected chi connectivity index (χ3v) is 5.08. The smallest absolute Gasteiger partial charge is 0.377 e. The van der Waals surface area contributed by atoms with Gasteiger partial charge in [-0.3, -0.25) is 0 Å². The van der Waals surface area contributed by atoms with Gasteiger partial charge in [0.2, 0.25) is 0 Å². The molecule has 23 heavy (non-hydrogen) atoms. The fourth-order valence-electron chi connectivity index (χ4n) is 4.18. The Hall–Kier alpha value is -1.81. The van der Waals surface area contributed by atoms with E-state index < -0.39 is 11.9 Å². The zero-order valence-electron chi connectivity index (χ0n) is 13.2. The Labute approximate surface area is 132 Å². The number of nitrogens with zero attached hydrogens (tertiary/aromatic N) is 3. The summed E-state index contributed by atoms with van der Waals surface area (Å²) in [5, 5.41) is 9.23. The summed E-state index contributed by atoms with van der Waals surface area (Å²) in [6, 6.07) is 3.98. The second-order valence-corrected chi connectivity index (χ2v) is 6.80. The van der Waals surface area contributed by atoms with Crippen LogP contribution in [0.3, 0.4) is 0 Å². The van der Waals surface area contributed by atoms with Crippen molar-refractivity contribution in [2.75, 3.05) is 18.6 Å². The van der Waals surface area contributed by atoms with Crippen LogP contribution in [-0.2, 0) is 10.9 Å². The number of alkyl halides is 3. The van der Waals surface area contributed by atoms with Crippen LogP contribution in [0.15, 0.2) is 12.1 Å². The summed E-state index contributed by atoms with van der Waals surface area (Å²) in [7, 11) is 1.71. The molecule has 0 amide bonds. The van der Waals surface area contributed by atoms with Gasteiger partial charge in [-0.2, -0.15) is 18.4 Å². The van der Waals surface area contributed by atoms with Gasteiger partial charge in [-0.15, -0.1) is 0 Å². The minimum atomic E-state index is -4.53. The Kier molecular flexibility index (Phi) is 3.56. The molecular formula is C16H18F3N3O. The van der Waals surface area contributed by atoms with Crippen molar-refractivity contribution in [1.82, 2.24) is 4.98 Å². The van der Waals surface area contributed by atoms with E-state index in [1.807, 2.05) is 19.9 Å². The number of rotatable bonds is 2. The molecule has 0 bridgehead atoms. The third kappa shape index (κ3) is 2.36. The van der Waals surface area contributed by atoms with Crippen molar-refractivity contribution >= 4 is 5.82 Å². The van der Waals surface area contributed by atoms with Gasteiger partial charge in [-0.05, 0) is 18.6 Å². The molecule has 3 rings (SSSR count). The lowest BCUT2D eigenvalue weighted by molar-refractivity contribution is -0.141. The number of hydrogen-bond donors (Lipinski definition) is 0. The Morgan fingerprint density at radius 2 is 2.09 bits per heavy atom. The summed E-state index contributed by atoms with van der Waals surface area (Å²) in [6.07, 6.45) is -3.53. The quantitative estimate of drug-likeness (QED) is 0.838. The summed E-state index contributed by atoms with van der Waals surface area (Å²) in [5.41, 5.74) is -1.02. The summed E-state index contributed by atoms with van der Waals surface area (Å²) >= 11 is 0. The lowest BCUT2D eigenvalue weighted by atomic mass is 9.57. The lowest BCUT2D eigenvalue weighted by Crippen LogP contribution is -2.66. The first-order chi connectivity index (χ1) is 10.7. The lowest BCUT2D eigenvalue weighted by Gasteiger charge is -2.58. The molecule has 2 fully saturated rings. The van der Waals surface area contributed by atoms with Crippen molar-refractivity contribution in [3.8, 4) is 6.07 Å². The van der Waals surface area contributed by atoms with Crippen LogP contribution < -0.4 is 4.90 Å². The van der Waals surface area contributed by atoms with E-state index in [1.165, 1.54) is 6.07 Å². The molecule has 7 heteroatoms. The monoisotopic (exact) mass is 325 g/mol. The molecule has 0 spiro atoms. The molecule has 0 unspecified atom stereocenters. The Bertz CT molecular complexity index is 666. The van der Waals surface area contributed by atoms with Gasteiger partial charge in [0.15, 0.2) is 0 Å². The van der Waals surface area contributed by atoms with Gasteiger partial charge in [-0.25, -0.2) is 4.98 Å². The van der Waals surface area contributed by atoms with E-state index in [9.17, 15) is 18.4 Å². The van der Waals surface area contributed by atoms with Crippen LogP contribution >= 0.6 is 0 Å². The number of ether oxygens (including phenoxy) is 1. The fraction of sp³-hybridized carbons (Fsp3) is 0.625. The van der Waals surface area contributed by atoms with Crippen LogP contribution in [0.25, 0.3) is 0 Å². The first-order valence-electron chi connectivity index (χ1n) is 7.50. The van der Waals surface area contributed by atoms with Crippen molar-refractivity contribution in [3.05, 3.63) is 23.4 Å². The number of halogens is 3. The minimum absolute atomic E-state index is 0.00177. The first-order valence-corrected chi connectivity index (χ1v) is 7.50. The Morgan fingerprint density at radius 3 is 2.70 bits per heavy atom. The fourth-order valence-corrected chi connectivity index (χ4v) is 4.18. The number of aromatic nitrogens is 1. The number of hydrogen-bond acceptors (Lipinski definition) is 4. The molecule has 1 aromatic rings. The SMILES string of the molecule is CN(c1nc(C(F)(F)F)ccc1C#N)[C@@H]1[C@H]2CCO[C@H]2C1(C)C. The Morgan fingerprint density at radius 1 is 1.39 bits per heavy atom. The highest BCUT2D eigenvalue weighted by molar-refractivity contribution is 5.56. The predicted molar refractivity (Wildman–Crippen MR) is 77.8 cm³/mol. The highest BCUT2D eigenvalue weighted by Gasteiger charge is 2.61. The molecule has 1 saturated carbocycles. The van der Waals surface area contributed by atoms with Gasteiger partial charge < -0.3 is 9.64 Å². The van der Waals surface area contributed by atoms with Gasteiger partial charge in [-0.1, -0.05) is 13.8 Å². The summed E-state index contributed by atoms with van der Waals surface area (Å²) in [4.78, 5) is 5.46. The summed E-state index contributed by atoms with van der Waals surface area (Å²) < 4.78 is 44.6. The van der Waals surface area contributed by atoms with Gasteiger partial charge in [0, 0.05) is 31.0 Å². The molecule has 0 aromatic carbocycles. The predicted octanol–water partition coefficient (Wildman–Crippen LogP) is 3.22. The number of anilines is 1. The molecule has 0 N–H and O–H groups in total. The van der Waals surface area contributed by atoms with Crippen molar-refractivity contribution in [3.63, 3.8) is 0 Å². The molecule has 2 aliphatic rings. The normalized spacial score (nSPS) is 28.7. The highest BCUT2D eigenvalue weighted by atomic mass is 19.4. The molecule has 1 saturated heterocycles. The van der Waals surface area contributed by atoms with Crippen molar-refractivity contribution < 1.29 is 17.9 Å². The average molecular weight is 325 g/mol. The number of pyridine rings is 1. The first kappa shape index (κ1) is 16.1. The second-order valence-electron chi connectivity index (χ2n) is 6.80. The molecule has 3 atom stereocenters. The Balaban J connectivity index is 1.99. The van der Waals surface area contributed by atoms with E-state index in [1.54, 1.807) is 11.9 Å². The van der Waals surface area contributed by atoms with Gasteiger partial charge in [0.25, 0.3) is 0 Å². The van der Waals surface area contributed by atoms with E-state index in [0.29, 0.717) is 6.61 Å². The van der Waals surface area contributed by atoms with E-state index in [0.717, 1.165) is 12.5 Å². The van der Waals surface area contributed by atoms with Gasteiger partial charge in [0.1, 0.15) is 17.6 Å². The zero-order valence-corrected chi connectivity index (χ0v) is 13.2. The maximum atomic E-state index is 12.9. The van der Waals surface area contributed by atoms with E-state index in [4.69, 9.17) is 4.74 Å². The van der Waals surface area contributed by atoms with E-state index >= 15 is 0 Å². The van der Waals surface area contributed by atoms with E-state index in [-0.39, 0.29) is 34.9 Å². The topological polar surface area (TPSA) is 49.2 Å². The molecule has 0 radical (unpaired) electrons. The van der Waals surface area contributed by atoms with Crippen LogP contribution in [0.4, 0.5) is 19.0 Å². The average Bonchev–Trinajstić information content (AvgIpc) is 2.91. The molecule has 4 nitrogen and oxygen atoms in total. The van der Waals surface area contributed by atoms with Gasteiger partial charge >= 0.3 is 6.18 Å². The van der Waals surface area contributed by atoms with Crippen molar-refractivity contribution in [2.24, 2.45) is 11.3 Å². The highest BCUT2D eigenvalue weighted by Crippen LogP contribution is 2.55. The molecular weight excluding hydrogens is 307 g/mol. The van der Waals surface area contributed by atoms with Crippen LogP contribution in [0.1, 0.15) is 31.5 Å². The summed E-state index contributed by atoms with van der Waals surface area (Å²) in [5.74, 6) is 0.351. The zero-order chi connectivity index (χ0) is 17.0. The van der Waals surface area contributed by atoms with Gasteiger partial charge in [0.05, 0.1) is 11.7 Å².